The number of fused-ring (bicyclic) bond motifs is 1. The summed E-state index contributed by atoms with van der Waals surface area (Å²) in [5, 5.41) is 0. The van der Waals surface area contributed by atoms with Crippen molar-refractivity contribution in [3.8, 4) is 11.5 Å². The van der Waals surface area contributed by atoms with Gasteiger partial charge < -0.3 is 14.4 Å². The molecular weight excluding hydrogens is 194 g/mol. The fourth-order valence-corrected chi connectivity index (χ4v) is 1.43. The Morgan fingerprint density at radius 2 is 2.00 bits per heavy atom. The van der Waals surface area contributed by atoms with E-state index in [-0.39, 0.29) is 12.5 Å². The van der Waals surface area contributed by atoms with Crippen LogP contribution in [0.25, 0.3) is 0 Å². The van der Waals surface area contributed by atoms with E-state index in [2.05, 4.69) is 0 Å². The predicted octanol–water partition coefficient (Wildman–Crippen LogP) is 0.915. The Hall–Kier alpha value is -1.71. The number of carbonyl (C=O) groups excluding carboxylic acids is 1. The maximum Gasteiger partial charge on any atom is 0.266 e. The van der Waals surface area contributed by atoms with Gasteiger partial charge in [-0.2, -0.15) is 0 Å². The summed E-state index contributed by atoms with van der Waals surface area (Å²) in [5.74, 6) is 1.24. The zero-order valence-electron chi connectivity index (χ0n) is 8.77. The van der Waals surface area contributed by atoms with Gasteiger partial charge in [-0.15, -0.1) is 0 Å². The lowest BCUT2D eigenvalue weighted by atomic mass is 10.2. The molecule has 0 fully saturated rings. The normalized spacial score (nSPS) is 18.4. The van der Waals surface area contributed by atoms with Gasteiger partial charge in [0.15, 0.2) is 11.5 Å². The molecule has 15 heavy (non-hydrogen) atoms. The van der Waals surface area contributed by atoms with Crippen LogP contribution in [0.4, 0.5) is 0 Å². The molecule has 1 aromatic rings. The summed E-state index contributed by atoms with van der Waals surface area (Å²) in [6.07, 6.45) is -0.533. The Morgan fingerprint density at radius 1 is 1.33 bits per heavy atom. The third kappa shape index (κ3) is 1.88. The summed E-state index contributed by atoms with van der Waals surface area (Å²) in [4.78, 5) is 13.1. The second kappa shape index (κ2) is 3.81. The van der Waals surface area contributed by atoms with Crippen LogP contribution in [0.1, 0.15) is 0 Å². The molecule has 0 radical (unpaired) electrons. The van der Waals surface area contributed by atoms with Gasteiger partial charge in [0.25, 0.3) is 5.91 Å². The third-order valence-electron chi connectivity index (χ3n) is 2.22. The fourth-order valence-electron chi connectivity index (χ4n) is 1.43. The first kappa shape index (κ1) is 9.83. The molecule has 1 amide bonds. The molecule has 1 heterocycles. The van der Waals surface area contributed by atoms with Crippen molar-refractivity contribution in [3.05, 3.63) is 24.3 Å². The molecule has 1 atom stereocenters. The molecule has 4 nitrogen and oxygen atoms in total. The van der Waals surface area contributed by atoms with Crippen molar-refractivity contribution in [2.24, 2.45) is 0 Å². The Balaban J connectivity index is 2.15. The van der Waals surface area contributed by atoms with Crippen LogP contribution in [0.15, 0.2) is 24.3 Å². The quantitative estimate of drug-likeness (QED) is 0.687. The van der Waals surface area contributed by atoms with E-state index < -0.39 is 6.10 Å². The third-order valence-corrected chi connectivity index (χ3v) is 2.22. The van der Waals surface area contributed by atoms with Crippen molar-refractivity contribution in [1.29, 1.82) is 0 Å². The minimum atomic E-state index is -0.533. The van der Waals surface area contributed by atoms with Gasteiger partial charge in [-0.3, -0.25) is 4.79 Å². The largest absolute Gasteiger partial charge is 0.485 e. The van der Waals surface area contributed by atoms with Gasteiger partial charge >= 0.3 is 0 Å². The highest BCUT2D eigenvalue weighted by Gasteiger charge is 2.28. The number of hydrogen-bond donors (Lipinski definition) is 0. The SMILES string of the molecule is CN(C)C(=O)C1COc2ccccc2O1. The summed E-state index contributed by atoms with van der Waals surface area (Å²) in [6, 6.07) is 7.34. The average molecular weight is 207 g/mol. The van der Waals surface area contributed by atoms with E-state index in [1.54, 1.807) is 20.2 Å². The van der Waals surface area contributed by atoms with Crippen molar-refractivity contribution >= 4 is 5.91 Å². The lowest BCUT2D eigenvalue weighted by Crippen LogP contribution is -2.43. The number of para-hydroxylation sites is 2. The molecule has 0 bridgehead atoms. The van der Waals surface area contributed by atoms with Crippen molar-refractivity contribution in [1.82, 2.24) is 4.90 Å². The number of ether oxygens (including phenoxy) is 2. The first-order valence-electron chi connectivity index (χ1n) is 4.78. The lowest BCUT2D eigenvalue weighted by molar-refractivity contribution is -0.138. The second-order valence-corrected chi connectivity index (χ2v) is 3.60. The van der Waals surface area contributed by atoms with Crippen LogP contribution in [0, 0.1) is 0 Å². The highest BCUT2D eigenvalue weighted by atomic mass is 16.6. The highest BCUT2D eigenvalue weighted by Crippen LogP contribution is 2.30. The number of amides is 1. The second-order valence-electron chi connectivity index (χ2n) is 3.60. The summed E-state index contributed by atoms with van der Waals surface area (Å²) >= 11 is 0. The first-order valence-corrected chi connectivity index (χ1v) is 4.78. The molecular formula is C11H13NO3. The zero-order chi connectivity index (χ0) is 10.8. The Morgan fingerprint density at radius 3 is 2.67 bits per heavy atom. The molecule has 80 valence electrons. The fraction of sp³-hybridized carbons (Fsp3) is 0.364. The monoisotopic (exact) mass is 207 g/mol. The van der Waals surface area contributed by atoms with Gasteiger partial charge in [-0.05, 0) is 12.1 Å². The summed E-state index contributed by atoms with van der Waals surface area (Å²) in [6.45, 7) is 0.272. The molecule has 0 spiro atoms. The molecule has 0 saturated heterocycles. The Labute approximate surface area is 88.4 Å². The molecule has 1 aromatic carbocycles. The number of nitrogens with zero attached hydrogens (tertiary/aromatic N) is 1. The van der Waals surface area contributed by atoms with Crippen molar-refractivity contribution < 1.29 is 14.3 Å². The highest BCUT2D eigenvalue weighted by molar-refractivity contribution is 5.81. The van der Waals surface area contributed by atoms with Crippen molar-refractivity contribution in [3.63, 3.8) is 0 Å². The van der Waals surface area contributed by atoms with E-state index in [0.29, 0.717) is 11.5 Å². The predicted molar refractivity (Wildman–Crippen MR) is 55.0 cm³/mol. The van der Waals surface area contributed by atoms with Gasteiger partial charge in [0.2, 0.25) is 6.10 Å². The van der Waals surface area contributed by atoms with Crippen LogP contribution in [0.2, 0.25) is 0 Å². The summed E-state index contributed by atoms with van der Waals surface area (Å²) in [7, 11) is 3.40. The van der Waals surface area contributed by atoms with E-state index >= 15 is 0 Å². The van der Waals surface area contributed by atoms with Crippen molar-refractivity contribution in [2.45, 2.75) is 6.10 Å². The maximum atomic E-state index is 11.6. The maximum absolute atomic E-state index is 11.6. The number of benzene rings is 1. The zero-order valence-corrected chi connectivity index (χ0v) is 8.77. The lowest BCUT2D eigenvalue weighted by Gasteiger charge is -2.27. The van der Waals surface area contributed by atoms with Gasteiger partial charge in [0.05, 0.1) is 0 Å². The van der Waals surface area contributed by atoms with Crippen LogP contribution < -0.4 is 9.47 Å². The van der Waals surface area contributed by atoms with E-state index in [1.807, 2.05) is 18.2 Å². The summed E-state index contributed by atoms with van der Waals surface area (Å²) < 4.78 is 11.0. The smallest absolute Gasteiger partial charge is 0.266 e. The number of rotatable bonds is 1. The minimum absolute atomic E-state index is 0.0792. The van der Waals surface area contributed by atoms with Gasteiger partial charge in [-0.1, -0.05) is 12.1 Å². The molecule has 0 saturated carbocycles. The number of carbonyl (C=O) groups is 1. The van der Waals surface area contributed by atoms with Crippen LogP contribution >= 0.6 is 0 Å². The van der Waals surface area contributed by atoms with E-state index in [4.69, 9.17) is 9.47 Å². The molecule has 1 unspecified atom stereocenters. The van der Waals surface area contributed by atoms with Crippen LogP contribution in [0.5, 0.6) is 11.5 Å². The van der Waals surface area contributed by atoms with Crippen molar-refractivity contribution in [2.75, 3.05) is 20.7 Å². The Kier molecular flexibility index (Phi) is 2.49. The van der Waals surface area contributed by atoms with E-state index in [0.717, 1.165) is 0 Å². The molecule has 0 aliphatic carbocycles. The molecule has 0 aromatic heterocycles. The van der Waals surface area contributed by atoms with Crippen LogP contribution in [-0.2, 0) is 4.79 Å². The van der Waals surface area contributed by atoms with Crippen LogP contribution in [0.3, 0.4) is 0 Å². The summed E-state index contributed by atoms with van der Waals surface area (Å²) in [5.41, 5.74) is 0. The van der Waals surface area contributed by atoms with Gasteiger partial charge in [0, 0.05) is 14.1 Å². The molecule has 4 heteroatoms. The van der Waals surface area contributed by atoms with E-state index in [1.165, 1.54) is 4.90 Å². The number of likely N-dealkylation sites (N-methyl/N-ethyl adjacent to an activating group) is 1. The topological polar surface area (TPSA) is 38.8 Å². The van der Waals surface area contributed by atoms with Gasteiger partial charge in [0.1, 0.15) is 6.61 Å². The first-order chi connectivity index (χ1) is 7.18. The van der Waals surface area contributed by atoms with Gasteiger partial charge in [-0.25, -0.2) is 0 Å². The molecule has 1 aliphatic heterocycles. The molecule has 2 rings (SSSR count). The molecule has 1 aliphatic rings. The van der Waals surface area contributed by atoms with Crippen LogP contribution in [-0.4, -0.2) is 37.6 Å². The molecule has 0 N–H and O–H groups in total. The standard InChI is InChI=1S/C11H13NO3/c1-12(2)11(13)10-7-14-8-5-3-4-6-9(8)15-10/h3-6,10H,7H2,1-2H3. The Bertz CT molecular complexity index is 376. The number of hydrogen-bond acceptors (Lipinski definition) is 3. The van der Waals surface area contributed by atoms with E-state index in [9.17, 15) is 4.79 Å². The average Bonchev–Trinajstić information content (AvgIpc) is 2.27. The minimum Gasteiger partial charge on any atom is -0.485 e.